The molecule has 0 aliphatic heterocycles. The van der Waals surface area contributed by atoms with Crippen molar-refractivity contribution < 1.29 is 17.1 Å². The third-order valence-corrected chi connectivity index (χ3v) is 4.88. The molecule has 0 heterocycles. The molecule has 0 nitrogen and oxygen atoms in total. The predicted molar refractivity (Wildman–Crippen MR) is 71.7 cm³/mol. The largest absolute Gasteiger partial charge is 0.748 e. The Morgan fingerprint density at radius 3 is 1.56 bits per heavy atom. The van der Waals surface area contributed by atoms with E-state index in [-0.39, 0.29) is 25.0 Å². The van der Waals surface area contributed by atoms with Crippen molar-refractivity contribution in [2.24, 2.45) is 0 Å². The van der Waals surface area contributed by atoms with Crippen molar-refractivity contribution in [1.29, 1.82) is 0 Å². The molecule has 0 fully saturated rings. The summed E-state index contributed by atoms with van der Waals surface area (Å²) >= 11 is 0. The summed E-state index contributed by atoms with van der Waals surface area (Å²) < 4.78 is 0. The number of hydrogen-bond donors (Lipinski definition) is 0. The van der Waals surface area contributed by atoms with Crippen LogP contribution < -0.4 is 5.30 Å². The molecule has 0 radical (unpaired) electrons. The van der Waals surface area contributed by atoms with Gasteiger partial charge in [0.2, 0.25) is 0 Å². The molecule has 0 aromatic heterocycles. The number of rotatable bonds is 3. The van der Waals surface area contributed by atoms with Crippen molar-refractivity contribution in [3.63, 3.8) is 0 Å². The average Bonchev–Trinajstić information content (AvgIpc) is 2.96. The Balaban J connectivity index is 0.000000318. The van der Waals surface area contributed by atoms with Crippen LogP contribution in [0.25, 0.3) is 0 Å². The molecule has 0 amide bonds. The summed E-state index contributed by atoms with van der Waals surface area (Å²) in [7, 11) is 0.186. The van der Waals surface area contributed by atoms with Crippen LogP contribution >= 0.6 is 7.92 Å². The molecule has 0 N–H and O–H groups in total. The van der Waals surface area contributed by atoms with E-state index in [1.807, 2.05) is 30.3 Å². The molecule has 0 aliphatic rings. The number of hydrogen-bond acceptors (Lipinski definition) is 0. The van der Waals surface area contributed by atoms with Crippen LogP contribution in [-0.4, -0.2) is 12.3 Å². The Kier molecular flexibility index (Phi) is 9.63. The van der Waals surface area contributed by atoms with Crippen molar-refractivity contribution in [3.05, 3.63) is 54.6 Å². The van der Waals surface area contributed by atoms with Gasteiger partial charge >= 0.3 is 0 Å². The third-order valence-electron chi connectivity index (χ3n) is 2.33. The minimum Gasteiger partial charge on any atom is -0.748 e. The van der Waals surface area contributed by atoms with Crippen molar-refractivity contribution in [2.75, 3.05) is 12.3 Å². The second-order valence-electron chi connectivity index (χ2n) is 3.28. The smallest absolute Gasteiger partial charge is 0 e. The average molecular weight is 274 g/mol. The Labute approximate surface area is 111 Å². The first-order valence-corrected chi connectivity index (χ1v) is 7.23. The normalized spacial score (nSPS) is 9.19. The second kappa shape index (κ2) is 9.85. The van der Waals surface area contributed by atoms with Crippen LogP contribution in [-0.2, 0) is 17.1 Å². The molecule has 2 aromatic carbocycles. The van der Waals surface area contributed by atoms with E-state index in [0.717, 1.165) is 0 Å². The SMILES string of the molecule is CCP(CC)[c-]1cccc1.[Fe].[cH-]1[cH-][cH-][cH-][cH-]1. The van der Waals surface area contributed by atoms with E-state index in [9.17, 15) is 0 Å². The fourth-order valence-electron chi connectivity index (χ4n) is 1.48. The molecule has 2 aromatic rings. The van der Waals surface area contributed by atoms with E-state index in [4.69, 9.17) is 0 Å². The van der Waals surface area contributed by atoms with E-state index in [0.29, 0.717) is 0 Å². The van der Waals surface area contributed by atoms with Crippen molar-refractivity contribution >= 4 is 13.2 Å². The van der Waals surface area contributed by atoms with Gasteiger partial charge in [-0.25, -0.2) is 12.1 Å². The molecule has 0 atom stereocenters. The Morgan fingerprint density at radius 1 is 0.875 bits per heavy atom. The molecule has 0 bridgehead atoms. The Hall–Kier alpha value is -0.351. The first-order valence-electron chi connectivity index (χ1n) is 5.51. The maximum Gasteiger partial charge on any atom is 0 e. The Bertz CT molecular complexity index is 289. The molecule has 0 saturated carbocycles. The summed E-state index contributed by atoms with van der Waals surface area (Å²) in [4.78, 5) is 0. The summed E-state index contributed by atoms with van der Waals surface area (Å²) in [5, 5.41) is 1.57. The topological polar surface area (TPSA) is 0 Å². The maximum atomic E-state index is 2.28. The van der Waals surface area contributed by atoms with Gasteiger partial charge in [-0.05, 0) is 12.3 Å². The molecule has 94 valence electrons. The first-order chi connectivity index (χ1) is 7.38. The zero-order valence-electron chi connectivity index (χ0n) is 9.91. The van der Waals surface area contributed by atoms with Crippen LogP contribution in [0.2, 0.25) is 0 Å². The van der Waals surface area contributed by atoms with Crippen molar-refractivity contribution in [3.8, 4) is 0 Å². The molecule has 2 heteroatoms. The molecule has 16 heavy (non-hydrogen) atoms. The molecule has 2 rings (SSSR count). The van der Waals surface area contributed by atoms with Gasteiger partial charge in [0.15, 0.2) is 0 Å². The Morgan fingerprint density at radius 2 is 1.25 bits per heavy atom. The van der Waals surface area contributed by atoms with Crippen LogP contribution in [0.15, 0.2) is 54.6 Å². The van der Waals surface area contributed by atoms with Gasteiger partial charge in [-0.15, -0.1) is 13.2 Å². The maximum absolute atomic E-state index is 2.28. The second-order valence-corrected chi connectivity index (χ2v) is 6.14. The van der Waals surface area contributed by atoms with Gasteiger partial charge in [-0.3, -0.25) is 0 Å². The summed E-state index contributed by atoms with van der Waals surface area (Å²) in [6.45, 7) is 4.56. The molecular formula is C14H19FeP-6. The van der Waals surface area contributed by atoms with Gasteiger partial charge in [0.25, 0.3) is 0 Å². The third kappa shape index (κ3) is 5.66. The van der Waals surface area contributed by atoms with Gasteiger partial charge in [0, 0.05) is 17.1 Å². The van der Waals surface area contributed by atoms with Crippen molar-refractivity contribution in [2.45, 2.75) is 13.8 Å². The van der Waals surface area contributed by atoms with Crippen LogP contribution in [0, 0.1) is 0 Å². The molecule has 0 unspecified atom stereocenters. The van der Waals surface area contributed by atoms with Gasteiger partial charge < -0.3 is 30.3 Å². The summed E-state index contributed by atoms with van der Waals surface area (Å²) in [6.07, 6.45) is 2.66. The van der Waals surface area contributed by atoms with Crippen LogP contribution in [0.5, 0.6) is 0 Å². The molecular weight excluding hydrogens is 255 g/mol. The predicted octanol–water partition coefficient (Wildman–Crippen LogP) is 3.96. The van der Waals surface area contributed by atoms with Crippen LogP contribution in [0.4, 0.5) is 0 Å². The minimum atomic E-state index is 0. The summed E-state index contributed by atoms with van der Waals surface area (Å²) in [6, 6.07) is 18.8. The van der Waals surface area contributed by atoms with Gasteiger partial charge in [-0.1, -0.05) is 13.8 Å². The van der Waals surface area contributed by atoms with E-state index in [1.54, 1.807) is 5.30 Å². The quantitative estimate of drug-likeness (QED) is 0.451. The van der Waals surface area contributed by atoms with Gasteiger partial charge in [0.05, 0.1) is 0 Å². The van der Waals surface area contributed by atoms with Gasteiger partial charge in [-0.2, -0.15) is 12.1 Å². The van der Waals surface area contributed by atoms with E-state index in [1.165, 1.54) is 12.3 Å². The fraction of sp³-hybridized carbons (Fsp3) is 0.286. The van der Waals surface area contributed by atoms with E-state index in [2.05, 4.69) is 38.1 Å². The van der Waals surface area contributed by atoms with E-state index < -0.39 is 0 Å². The van der Waals surface area contributed by atoms with Crippen LogP contribution in [0.3, 0.4) is 0 Å². The first kappa shape index (κ1) is 15.6. The van der Waals surface area contributed by atoms with Crippen LogP contribution in [0.1, 0.15) is 13.8 Å². The zero-order chi connectivity index (χ0) is 10.9. The molecule has 0 saturated heterocycles. The molecule has 0 aliphatic carbocycles. The van der Waals surface area contributed by atoms with Gasteiger partial charge in [0.1, 0.15) is 0 Å². The standard InChI is InChI=1S/C9H14P.C5H5.Fe/c1-3-10(4-2)9-7-5-6-8-9;1-2-4-5-3-1;/h5-8H,3-4H2,1-2H3;1-5H;/q-1;-5;. The fourth-order valence-corrected chi connectivity index (χ4v) is 3.26. The monoisotopic (exact) mass is 274 g/mol. The van der Waals surface area contributed by atoms with E-state index >= 15 is 0 Å². The minimum absolute atomic E-state index is 0. The molecule has 0 spiro atoms. The zero-order valence-corrected chi connectivity index (χ0v) is 11.9. The summed E-state index contributed by atoms with van der Waals surface area (Å²) in [5.41, 5.74) is 0. The van der Waals surface area contributed by atoms with Crippen molar-refractivity contribution in [1.82, 2.24) is 0 Å². The summed E-state index contributed by atoms with van der Waals surface area (Å²) in [5.74, 6) is 0.